The van der Waals surface area contributed by atoms with Crippen LogP contribution in [0, 0.1) is 0 Å². The zero-order valence-electron chi connectivity index (χ0n) is 11.5. The van der Waals surface area contributed by atoms with Crippen molar-refractivity contribution in [1.29, 1.82) is 0 Å². The molecule has 2 atom stereocenters. The van der Waals surface area contributed by atoms with Gasteiger partial charge in [-0.15, -0.1) is 11.3 Å². The van der Waals surface area contributed by atoms with Gasteiger partial charge in [-0.3, -0.25) is 4.79 Å². The topological polar surface area (TPSA) is 29.5 Å². The minimum Gasteiger partial charge on any atom is -0.372 e. The van der Waals surface area contributed by atoms with E-state index in [0.29, 0.717) is 19.0 Å². The molecule has 1 aromatic rings. The average Bonchev–Trinajstić information content (AvgIpc) is 2.75. The van der Waals surface area contributed by atoms with Crippen molar-refractivity contribution in [3.63, 3.8) is 0 Å². The van der Waals surface area contributed by atoms with Gasteiger partial charge in [0, 0.05) is 23.3 Å². The molecule has 2 unspecified atom stereocenters. The average molecular weight is 267 g/mol. The van der Waals surface area contributed by atoms with Crippen LogP contribution in [0.3, 0.4) is 0 Å². The first-order valence-corrected chi connectivity index (χ1v) is 7.38. The molecule has 1 aliphatic heterocycles. The molecule has 1 fully saturated rings. The highest BCUT2D eigenvalue weighted by Gasteiger charge is 2.27. The van der Waals surface area contributed by atoms with Crippen LogP contribution in [0.4, 0.5) is 0 Å². The third-order valence-electron chi connectivity index (χ3n) is 3.14. The van der Waals surface area contributed by atoms with Gasteiger partial charge in [-0.1, -0.05) is 13.8 Å². The van der Waals surface area contributed by atoms with Gasteiger partial charge in [0.25, 0.3) is 5.91 Å². The molecular weight excluding hydrogens is 246 g/mol. The first-order chi connectivity index (χ1) is 8.47. The summed E-state index contributed by atoms with van der Waals surface area (Å²) in [5.41, 5.74) is 0.824. The van der Waals surface area contributed by atoms with Crippen LogP contribution >= 0.6 is 11.3 Å². The van der Waals surface area contributed by atoms with Crippen LogP contribution in [0.1, 0.15) is 48.8 Å². The predicted octanol–water partition coefficient (Wildman–Crippen LogP) is 3.12. The molecule has 0 bridgehead atoms. The van der Waals surface area contributed by atoms with Crippen molar-refractivity contribution in [2.45, 2.75) is 45.8 Å². The van der Waals surface area contributed by atoms with Crippen LogP contribution in [-0.4, -0.2) is 36.1 Å². The monoisotopic (exact) mass is 267 g/mol. The lowest BCUT2D eigenvalue weighted by atomic mass is 10.1. The van der Waals surface area contributed by atoms with Gasteiger partial charge in [0.2, 0.25) is 0 Å². The smallest absolute Gasteiger partial charge is 0.254 e. The van der Waals surface area contributed by atoms with Gasteiger partial charge >= 0.3 is 0 Å². The highest BCUT2D eigenvalue weighted by molar-refractivity contribution is 7.10. The Morgan fingerprint density at radius 2 is 2.00 bits per heavy atom. The van der Waals surface area contributed by atoms with E-state index in [9.17, 15) is 4.79 Å². The van der Waals surface area contributed by atoms with E-state index in [2.05, 4.69) is 13.8 Å². The van der Waals surface area contributed by atoms with E-state index in [-0.39, 0.29) is 18.1 Å². The van der Waals surface area contributed by atoms with Crippen LogP contribution in [-0.2, 0) is 4.74 Å². The summed E-state index contributed by atoms with van der Waals surface area (Å²) in [6.07, 6.45) is 0.252. The Balaban J connectivity index is 2.10. The number of carbonyl (C=O) groups excluding carboxylic acids is 1. The molecule has 4 heteroatoms. The summed E-state index contributed by atoms with van der Waals surface area (Å²) in [5, 5.41) is 1.97. The van der Waals surface area contributed by atoms with Gasteiger partial charge in [0.1, 0.15) is 0 Å². The molecule has 1 aliphatic rings. The summed E-state index contributed by atoms with van der Waals surface area (Å²) >= 11 is 1.67. The molecule has 0 radical (unpaired) electrons. The first kappa shape index (κ1) is 13.6. The maximum Gasteiger partial charge on any atom is 0.254 e. The van der Waals surface area contributed by atoms with E-state index in [1.807, 2.05) is 30.2 Å². The number of amides is 1. The Hall–Kier alpha value is -0.870. The van der Waals surface area contributed by atoms with Crippen molar-refractivity contribution < 1.29 is 9.53 Å². The van der Waals surface area contributed by atoms with Crippen LogP contribution in [0.5, 0.6) is 0 Å². The number of morpholine rings is 1. The van der Waals surface area contributed by atoms with Crippen LogP contribution in [0.25, 0.3) is 0 Å². The van der Waals surface area contributed by atoms with E-state index in [1.165, 1.54) is 4.88 Å². The van der Waals surface area contributed by atoms with Crippen molar-refractivity contribution in [3.8, 4) is 0 Å². The maximum absolute atomic E-state index is 12.4. The van der Waals surface area contributed by atoms with Crippen molar-refractivity contribution in [2.24, 2.45) is 0 Å². The van der Waals surface area contributed by atoms with Gasteiger partial charge in [-0.05, 0) is 25.8 Å². The van der Waals surface area contributed by atoms with E-state index in [0.717, 1.165) is 5.56 Å². The number of hydrogen-bond donors (Lipinski definition) is 0. The van der Waals surface area contributed by atoms with Crippen molar-refractivity contribution >= 4 is 17.2 Å². The zero-order chi connectivity index (χ0) is 13.3. The van der Waals surface area contributed by atoms with E-state index < -0.39 is 0 Å². The van der Waals surface area contributed by atoms with E-state index in [1.54, 1.807) is 11.3 Å². The molecule has 0 aliphatic carbocycles. The molecule has 0 aromatic carbocycles. The largest absolute Gasteiger partial charge is 0.372 e. The molecule has 0 saturated carbocycles. The minimum atomic E-state index is 0.126. The Labute approximate surface area is 113 Å². The minimum absolute atomic E-state index is 0.126. The highest BCUT2D eigenvalue weighted by Crippen LogP contribution is 2.24. The van der Waals surface area contributed by atoms with Crippen molar-refractivity contribution in [2.75, 3.05) is 13.1 Å². The molecule has 1 saturated heterocycles. The fourth-order valence-corrected chi connectivity index (χ4v) is 3.19. The standard InChI is InChI=1S/C14H21NO2S/c1-9(2)13-5-12(8-18-13)14(16)15-6-10(3)17-11(4)7-15/h5,8-11H,6-7H2,1-4H3. The Bertz CT molecular complexity index is 417. The second kappa shape index (κ2) is 5.41. The molecule has 2 heterocycles. The van der Waals surface area contributed by atoms with Crippen molar-refractivity contribution in [3.05, 3.63) is 21.9 Å². The molecule has 3 nitrogen and oxygen atoms in total. The Morgan fingerprint density at radius 3 is 2.50 bits per heavy atom. The number of nitrogens with zero attached hydrogens (tertiary/aromatic N) is 1. The van der Waals surface area contributed by atoms with Gasteiger partial charge in [-0.2, -0.15) is 0 Å². The fraction of sp³-hybridized carbons (Fsp3) is 0.643. The Kier molecular flexibility index (Phi) is 4.07. The van der Waals surface area contributed by atoms with Crippen molar-refractivity contribution in [1.82, 2.24) is 4.90 Å². The van der Waals surface area contributed by atoms with Gasteiger partial charge in [-0.25, -0.2) is 0 Å². The molecular formula is C14H21NO2S. The van der Waals surface area contributed by atoms with Crippen LogP contribution in [0.15, 0.2) is 11.4 Å². The fourth-order valence-electron chi connectivity index (χ4n) is 2.29. The number of hydrogen-bond acceptors (Lipinski definition) is 3. The summed E-state index contributed by atoms with van der Waals surface area (Å²) in [6, 6.07) is 2.03. The molecule has 0 N–H and O–H groups in total. The summed E-state index contributed by atoms with van der Waals surface area (Å²) in [6.45, 7) is 9.72. The number of thiophene rings is 1. The van der Waals surface area contributed by atoms with Gasteiger partial charge < -0.3 is 9.64 Å². The molecule has 0 spiro atoms. The molecule has 18 heavy (non-hydrogen) atoms. The normalized spacial score (nSPS) is 24.6. The summed E-state index contributed by atoms with van der Waals surface area (Å²) in [4.78, 5) is 15.6. The summed E-state index contributed by atoms with van der Waals surface area (Å²) in [5.74, 6) is 0.624. The third-order valence-corrected chi connectivity index (χ3v) is 4.38. The van der Waals surface area contributed by atoms with Crippen LogP contribution in [0.2, 0.25) is 0 Å². The third kappa shape index (κ3) is 2.93. The second-order valence-electron chi connectivity index (χ2n) is 5.36. The first-order valence-electron chi connectivity index (χ1n) is 6.50. The van der Waals surface area contributed by atoms with Gasteiger partial charge in [0.05, 0.1) is 17.8 Å². The molecule has 1 amide bonds. The van der Waals surface area contributed by atoms with E-state index >= 15 is 0 Å². The highest BCUT2D eigenvalue weighted by atomic mass is 32.1. The molecule has 1 aromatic heterocycles. The maximum atomic E-state index is 12.4. The lowest BCUT2D eigenvalue weighted by Crippen LogP contribution is -2.48. The molecule has 100 valence electrons. The lowest BCUT2D eigenvalue weighted by Gasteiger charge is -2.35. The Morgan fingerprint density at radius 1 is 1.39 bits per heavy atom. The lowest BCUT2D eigenvalue weighted by molar-refractivity contribution is -0.0586. The van der Waals surface area contributed by atoms with E-state index in [4.69, 9.17) is 4.74 Å². The number of rotatable bonds is 2. The number of ether oxygens (including phenoxy) is 1. The summed E-state index contributed by atoms with van der Waals surface area (Å²) in [7, 11) is 0. The second-order valence-corrected chi connectivity index (χ2v) is 6.30. The zero-order valence-corrected chi connectivity index (χ0v) is 12.3. The van der Waals surface area contributed by atoms with Crippen LogP contribution < -0.4 is 0 Å². The molecule has 2 rings (SSSR count). The summed E-state index contributed by atoms with van der Waals surface area (Å²) < 4.78 is 5.65. The SMILES string of the molecule is CC1CN(C(=O)c2csc(C(C)C)c2)CC(C)O1. The quantitative estimate of drug-likeness (QED) is 0.824. The van der Waals surface area contributed by atoms with Gasteiger partial charge in [0.15, 0.2) is 0 Å². The predicted molar refractivity (Wildman–Crippen MR) is 74.3 cm³/mol. The number of carbonyl (C=O) groups is 1.